The van der Waals surface area contributed by atoms with Crippen molar-refractivity contribution in [3.8, 4) is 0 Å². The molecule has 0 fully saturated rings. The second kappa shape index (κ2) is 5.91. The SMILES string of the molecule is CNc1ccc(S(=O)(=O)Nc2cccc(Cl)c2Cl)cc1. The lowest BCUT2D eigenvalue weighted by Gasteiger charge is -2.10. The van der Waals surface area contributed by atoms with E-state index in [0.29, 0.717) is 0 Å². The predicted octanol–water partition coefficient (Wildman–Crippen LogP) is 3.84. The van der Waals surface area contributed by atoms with E-state index in [1.165, 1.54) is 12.1 Å². The fraction of sp³-hybridized carbons (Fsp3) is 0.0769. The number of benzene rings is 2. The van der Waals surface area contributed by atoms with Crippen molar-refractivity contribution in [3.05, 3.63) is 52.5 Å². The quantitative estimate of drug-likeness (QED) is 0.895. The molecule has 0 radical (unpaired) electrons. The summed E-state index contributed by atoms with van der Waals surface area (Å²) < 4.78 is 26.9. The zero-order valence-electron chi connectivity index (χ0n) is 10.5. The van der Waals surface area contributed by atoms with Crippen molar-refractivity contribution in [1.29, 1.82) is 0 Å². The van der Waals surface area contributed by atoms with Crippen LogP contribution in [-0.2, 0) is 10.0 Å². The molecule has 0 unspecified atom stereocenters. The van der Waals surface area contributed by atoms with Crippen LogP contribution in [0.5, 0.6) is 0 Å². The summed E-state index contributed by atoms with van der Waals surface area (Å²) in [6.45, 7) is 0. The van der Waals surface area contributed by atoms with E-state index in [0.717, 1.165) is 5.69 Å². The average molecular weight is 331 g/mol. The molecule has 0 atom stereocenters. The minimum atomic E-state index is -3.70. The predicted molar refractivity (Wildman–Crippen MR) is 83.3 cm³/mol. The molecule has 2 aromatic carbocycles. The lowest BCUT2D eigenvalue weighted by atomic mass is 10.3. The van der Waals surface area contributed by atoms with Crippen LogP contribution in [0.1, 0.15) is 0 Å². The summed E-state index contributed by atoms with van der Waals surface area (Å²) in [5, 5.41) is 3.38. The first-order valence-corrected chi connectivity index (χ1v) is 7.92. The van der Waals surface area contributed by atoms with E-state index in [1.54, 1.807) is 37.4 Å². The molecule has 0 aromatic heterocycles. The smallest absolute Gasteiger partial charge is 0.261 e. The number of anilines is 2. The molecule has 2 N–H and O–H groups in total. The van der Waals surface area contributed by atoms with Gasteiger partial charge < -0.3 is 5.32 Å². The largest absolute Gasteiger partial charge is 0.388 e. The molecule has 0 bridgehead atoms. The van der Waals surface area contributed by atoms with Gasteiger partial charge in [0.15, 0.2) is 0 Å². The third-order valence-electron chi connectivity index (χ3n) is 2.65. The summed E-state index contributed by atoms with van der Waals surface area (Å²) in [5.41, 5.74) is 1.07. The first kappa shape index (κ1) is 15.0. The molecule has 0 saturated carbocycles. The standard InChI is InChI=1S/C13H12Cl2N2O2S/c1-16-9-5-7-10(8-6-9)20(18,19)17-12-4-2-3-11(14)13(12)15/h2-8,16-17H,1H3. The van der Waals surface area contributed by atoms with Gasteiger partial charge in [0.1, 0.15) is 0 Å². The van der Waals surface area contributed by atoms with E-state index in [-0.39, 0.29) is 20.6 Å². The topological polar surface area (TPSA) is 58.2 Å². The van der Waals surface area contributed by atoms with Crippen LogP contribution in [0.4, 0.5) is 11.4 Å². The Labute approximate surface area is 127 Å². The van der Waals surface area contributed by atoms with Crippen molar-refractivity contribution in [1.82, 2.24) is 0 Å². The number of hydrogen-bond donors (Lipinski definition) is 2. The summed E-state index contributed by atoms with van der Waals surface area (Å²) in [5.74, 6) is 0. The van der Waals surface area contributed by atoms with Gasteiger partial charge in [0.05, 0.1) is 20.6 Å². The van der Waals surface area contributed by atoms with Gasteiger partial charge in [-0.15, -0.1) is 0 Å². The summed E-state index contributed by atoms with van der Waals surface area (Å²) in [6, 6.07) is 11.1. The molecular formula is C13H12Cl2N2O2S. The lowest BCUT2D eigenvalue weighted by Crippen LogP contribution is -2.13. The van der Waals surface area contributed by atoms with E-state index >= 15 is 0 Å². The van der Waals surface area contributed by atoms with Crippen molar-refractivity contribution in [3.63, 3.8) is 0 Å². The third kappa shape index (κ3) is 3.17. The van der Waals surface area contributed by atoms with E-state index in [2.05, 4.69) is 10.0 Å². The first-order chi connectivity index (χ1) is 9.44. The van der Waals surface area contributed by atoms with E-state index in [9.17, 15) is 8.42 Å². The molecule has 0 saturated heterocycles. The molecule has 0 spiro atoms. The fourth-order valence-electron chi connectivity index (χ4n) is 1.59. The maximum absolute atomic E-state index is 12.2. The van der Waals surface area contributed by atoms with Crippen molar-refractivity contribution in [2.75, 3.05) is 17.1 Å². The van der Waals surface area contributed by atoms with Gasteiger partial charge in [0.25, 0.3) is 10.0 Å². The average Bonchev–Trinajstić information content (AvgIpc) is 2.44. The number of sulfonamides is 1. The Kier molecular flexibility index (Phi) is 4.42. The second-order valence-electron chi connectivity index (χ2n) is 3.98. The second-order valence-corrected chi connectivity index (χ2v) is 6.45. The van der Waals surface area contributed by atoms with E-state index in [1.807, 2.05) is 0 Å². The molecule has 0 aliphatic rings. The van der Waals surface area contributed by atoms with Crippen LogP contribution >= 0.6 is 23.2 Å². The van der Waals surface area contributed by atoms with Crippen LogP contribution in [0.25, 0.3) is 0 Å². The van der Waals surface area contributed by atoms with Crippen LogP contribution in [0.15, 0.2) is 47.4 Å². The Morgan fingerprint density at radius 3 is 2.25 bits per heavy atom. The maximum atomic E-state index is 12.2. The highest BCUT2D eigenvalue weighted by molar-refractivity contribution is 7.92. The lowest BCUT2D eigenvalue weighted by molar-refractivity contribution is 0.601. The zero-order valence-corrected chi connectivity index (χ0v) is 12.9. The summed E-state index contributed by atoms with van der Waals surface area (Å²) in [4.78, 5) is 0.146. The van der Waals surface area contributed by atoms with Crippen molar-refractivity contribution >= 4 is 44.6 Å². The van der Waals surface area contributed by atoms with Crippen LogP contribution in [0.2, 0.25) is 10.0 Å². The highest BCUT2D eigenvalue weighted by Gasteiger charge is 2.16. The van der Waals surface area contributed by atoms with Crippen LogP contribution < -0.4 is 10.0 Å². The minimum Gasteiger partial charge on any atom is -0.388 e. The highest BCUT2D eigenvalue weighted by Crippen LogP contribution is 2.31. The zero-order chi connectivity index (χ0) is 14.8. The third-order valence-corrected chi connectivity index (χ3v) is 4.85. The van der Waals surface area contributed by atoms with Gasteiger partial charge in [-0.05, 0) is 36.4 Å². The van der Waals surface area contributed by atoms with E-state index in [4.69, 9.17) is 23.2 Å². The van der Waals surface area contributed by atoms with Gasteiger partial charge in [-0.2, -0.15) is 0 Å². The van der Waals surface area contributed by atoms with E-state index < -0.39 is 10.0 Å². The van der Waals surface area contributed by atoms with Gasteiger partial charge in [-0.3, -0.25) is 4.72 Å². The number of halogens is 2. The molecular weight excluding hydrogens is 319 g/mol. The Morgan fingerprint density at radius 2 is 1.65 bits per heavy atom. The van der Waals surface area contributed by atoms with Crippen molar-refractivity contribution < 1.29 is 8.42 Å². The molecule has 106 valence electrons. The maximum Gasteiger partial charge on any atom is 0.261 e. The number of rotatable bonds is 4. The van der Waals surface area contributed by atoms with Gasteiger partial charge in [0, 0.05) is 12.7 Å². The fourth-order valence-corrected chi connectivity index (χ4v) is 3.06. The van der Waals surface area contributed by atoms with Crippen molar-refractivity contribution in [2.24, 2.45) is 0 Å². The summed E-state index contributed by atoms with van der Waals surface area (Å²) >= 11 is 11.8. The molecule has 0 amide bonds. The minimum absolute atomic E-state index is 0.146. The monoisotopic (exact) mass is 330 g/mol. The Bertz CT molecular complexity index is 716. The van der Waals surface area contributed by atoms with Crippen LogP contribution in [-0.4, -0.2) is 15.5 Å². The van der Waals surface area contributed by atoms with Crippen LogP contribution in [0.3, 0.4) is 0 Å². The summed E-state index contributed by atoms with van der Waals surface area (Å²) in [7, 11) is -1.94. The molecule has 7 heteroatoms. The van der Waals surface area contributed by atoms with Gasteiger partial charge in [0.2, 0.25) is 0 Å². The molecule has 0 aliphatic heterocycles. The molecule has 0 heterocycles. The first-order valence-electron chi connectivity index (χ1n) is 5.68. The number of hydrogen-bond acceptors (Lipinski definition) is 3. The molecule has 2 rings (SSSR count). The molecule has 0 aliphatic carbocycles. The van der Waals surface area contributed by atoms with Gasteiger partial charge >= 0.3 is 0 Å². The number of nitrogens with one attached hydrogen (secondary N) is 2. The molecule has 2 aromatic rings. The van der Waals surface area contributed by atoms with Gasteiger partial charge in [-0.25, -0.2) is 8.42 Å². The van der Waals surface area contributed by atoms with Crippen LogP contribution in [0, 0.1) is 0 Å². The van der Waals surface area contributed by atoms with Gasteiger partial charge in [-0.1, -0.05) is 29.3 Å². The normalized spacial score (nSPS) is 11.2. The van der Waals surface area contributed by atoms with Crippen molar-refractivity contribution in [2.45, 2.75) is 4.90 Å². The highest BCUT2D eigenvalue weighted by atomic mass is 35.5. The molecule has 4 nitrogen and oxygen atoms in total. The molecule has 20 heavy (non-hydrogen) atoms. The summed E-state index contributed by atoms with van der Waals surface area (Å²) in [6.07, 6.45) is 0. The Hall–Kier alpha value is -1.43. The Morgan fingerprint density at radius 1 is 1.00 bits per heavy atom. The Balaban J connectivity index is 2.33.